The lowest BCUT2D eigenvalue weighted by molar-refractivity contribution is -0.114. The van der Waals surface area contributed by atoms with E-state index in [1.807, 2.05) is 65.4 Å². The summed E-state index contributed by atoms with van der Waals surface area (Å²) in [5.74, 6) is 0.164. The van der Waals surface area contributed by atoms with Crippen LogP contribution in [0, 0.1) is 0 Å². The van der Waals surface area contributed by atoms with Gasteiger partial charge in [-0.2, -0.15) is 0 Å². The normalized spacial score (nSPS) is 13.6. The van der Waals surface area contributed by atoms with Crippen molar-refractivity contribution in [1.29, 1.82) is 0 Å². The predicted molar refractivity (Wildman–Crippen MR) is 123 cm³/mol. The van der Waals surface area contributed by atoms with Crippen LogP contribution >= 0.6 is 0 Å². The number of fused-ring (bicyclic) bond motifs is 1. The fourth-order valence-corrected chi connectivity index (χ4v) is 3.96. The summed E-state index contributed by atoms with van der Waals surface area (Å²) in [5.41, 5.74) is 6.17. The zero-order valence-electron chi connectivity index (χ0n) is 16.9. The lowest BCUT2D eigenvalue weighted by Gasteiger charge is -2.25. The molecular weight excluding hydrogens is 410 g/mol. The van der Waals surface area contributed by atoms with E-state index in [0.717, 1.165) is 45.4 Å². The Labute approximate surface area is 181 Å². The van der Waals surface area contributed by atoms with Gasteiger partial charge in [0.05, 0.1) is 6.26 Å². The number of benzene rings is 3. The van der Waals surface area contributed by atoms with Crippen molar-refractivity contribution in [2.24, 2.45) is 0 Å². The van der Waals surface area contributed by atoms with E-state index in [9.17, 15) is 13.2 Å². The Bertz CT molecular complexity index is 1270. The number of nitrogens with one attached hydrogen (secondary N) is 1. The number of carbonyl (C=O) groups is 1. The summed E-state index contributed by atoms with van der Waals surface area (Å²) in [6.07, 6.45) is 3.72. The summed E-state index contributed by atoms with van der Waals surface area (Å²) in [6, 6.07) is 25.9. The van der Waals surface area contributed by atoms with Gasteiger partial charge in [0.15, 0.2) is 0 Å². The molecule has 156 valence electrons. The number of hydrogen-bond donors (Lipinski definition) is 1. The maximum atomic E-state index is 11.7. The summed E-state index contributed by atoms with van der Waals surface area (Å²) < 4.78 is 30.2. The van der Waals surface area contributed by atoms with E-state index in [1.54, 1.807) is 6.08 Å². The zero-order chi connectivity index (χ0) is 21.8. The quantitative estimate of drug-likeness (QED) is 0.617. The van der Waals surface area contributed by atoms with Crippen molar-refractivity contribution in [3.63, 3.8) is 0 Å². The number of ether oxygens (including phenoxy) is 1. The molecule has 0 bridgehead atoms. The molecule has 6 heteroatoms. The molecule has 0 aromatic heterocycles. The van der Waals surface area contributed by atoms with Crippen LogP contribution in [0.3, 0.4) is 0 Å². The van der Waals surface area contributed by atoms with Gasteiger partial charge in [0.1, 0.15) is 12.4 Å². The van der Waals surface area contributed by atoms with Crippen molar-refractivity contribution in [1.82, 2.24) is 4.72 Å². The summed E-state index contributed by atoms with van der Waals surface area (Å²) in [4.78, 5) is 11.7. The van der Waals surface area contributed by atoms with Gasteiger partial charge in [0.2, 0.25) is 10.0 Å². The van der Waals surface area contributed by atoms with Gasteiger partial charge in [-0.1, -0.05) is 72.8 Å². The number of amides is 1. The first-order valence-electron chi connectivity index (χ1n) is 9.72. The molecule has 3 aromatic rings. The van der Waals surface area contributed by atoms with Crippen molar-refractivity contribution in [3.05, 3.63) is 107 Å². The fraction of sp³-hybridized carbons (Fsp3) is 0.0800. The van der Waals surface area contributed by atoms with Gasteiger partial charge in [0, 0.05) is 17.2 Å². The molecule has 0 spiro atoms. The molecule has 1 N–H and O–H groups in total. The predicted octanol–water partition coefficient (Wildman–Crippen LogP) is 4.13. The highest BCUT2D eigenvalue weighted by atomic mass is 32.2. The van der Waals surface area contributed by atoms with Crippen LogP contribution in [0.1, 0.15) is 22.3 Å². The van der Waals surface area contributed by atoms with Crippen molar-refractivity contribution < 1.29 is 17.9 Å². The van der Waals surface area contributed by atoms with E-state index in [1.165, 1.54) is 6.08 Å². The van der Waals surface area contributed by atoms with Gasteiger partial charge in [-0.05, 0) is 34.4 Å². The Hall–Kier alpha value is -3.64. The second-order valence-corrected chi connectivity index (χ2v) is 8.95. The standard InChI is InChI=1S/C25H21NO4S/c1-31(28,29)26-24(27)16-13-18-11-14-20(15-12-18)25-21-9-5-6-10-23(21)30-17-22(25)19-7-3-2-4-8-19/h2-16H,17H2,1H3,(H,26,27). The molecule has 0 radical (unpaired) electrons. The molecule has 0 saturated heterocycles. The van der Waals surface area contributed by atoms with E-state index in [0.29, 0.717) is 6.61 Å². The third-order valence-electron chi connectivity index (χ3n) is 4.86. The van der Waals surface area contributed by atoms with E-state index < -0.39 is 15.9 Å². The number of carbonyl (C=O) groups excluding carboxylic acids is 1. The van der Waals surface area contributed by atoms with Gasteiger partial charge in [0.25, 0.3) is 5.91 Å². The van der Waals surface area contributed by atoms with Crippen molar-refractivity contribution >= 4 is 33.2 Å². The van der Waals surface area contributed by atoms with Crippen molar-refractivity contribution in [2.45, 2.75) is 0 Å². The minimum atomic E-state index is -3.58. The molecule has 3 aromatic carbocycles. The maximum absolute atomic E-state index is 11.7. The summed E-state index contributed by atoms with van der Waals surface area (Å²) in [7, 11) is -3.58. The first-order valence-corrected chi connectivity index (χ1v) is 11.6. The molecule has 5 nitrogen and oxygen atoms in total. The van der Waals surface area contributed by atoms with Gasteiger partial charge >= 0.3 is 0 Å². The summed E-state index contributed by atoms with van der Waals surface area (Å²) in [6.45, 7) is 0.476. The molecule has 0 aliphatic carbocycles. The van der Waals surface area contributed by atoms with Gasteiger partial charge in [-0.15, -0.1) is 0 Å². The smallest absolute Gasteiger partial charge is 0.257 e. The average Bonchev–Trinajstić information content (AvgIpc) is 2.77. The Morgan fingerprint density at radius 1 is 0.903 bits per heavy atom. The first kappa shape index (κ1) is 20.6. The molecular formula is C25H21NO4S. The van der Waals surface area contributed by atoms with E-state index in [4.69, 9.17) is 4.74 Å². The third kappa shape index (κ3) is 4.92. The Morgan fingerprint density at radius 2 is 1.58 bits per heavy atom. The molecule has 4 rings (SSSR count). The van der Waals surface area contributed by atoms with Crippen LogP contribution < -0.4 is 9.46 Å². The van der Waals surface area contributed by atoms with Crippen LogP contribution in [-0.2, 0) is 14.8 Å². The number of para-hydroxylation sites is 1. The third-order valence-corrected chi connectivity index (χ3v) is 5.44. The first-order chi connectivity index (χ1) is 14.9. The lowest BCUT2D eigenvalue weighted by Crippen LogP contribution is -2.27. The fourth-order valence-electron chi connectivity index (χ4n) is 3.53. The van der Waals surface area contributed by atoms with Crippen LogP contribution in [0.2, 0.25) is 0 Å². The second kappa shape index (κ2) is 8.62. The largest absolute Gasteiger partial charge is 0.488 e. The molecule has 31 heavy (non-hydrogen) atoms. The topological polar surface area (TPSA) is 72.5 Å². The van der Waals surface area contributed by atoms with Crippen LogP contribution in [-0.4, -0.2) is 27.2 Å². The maximum Gasteiger partial charge on any atom is 0.257 e. The number of sulfonamides is 1. The minimum Gasteiger partial charge on any atom is -0.488 e. The Morgan fingerprint density at radius 3 is 2.29 bits per heavy atom. The molecule has 1 aliphatic heterocycles. The zero-order valence-corrected chi connectivity index (χ0v) is 17.7. The minimum absolute atomic E-state index is 0.476. The second-order valence-electron chi connectivity index (χ2n) is 7.20. The molecule has 1 aliphatic rings. The Kier molecular flexibility index (Phi) is 5.73. The monoisotopic (exact) mass is 431 g/mol. The van der Waals surface area contributed by atoms with Crippen LogP contribution in [0.15, 0.2) is 84.9 Å². The highest BCUT2D eigenvalue weighted by Gasteiger charge is 2.22. The lowest BCUT2D eigenvalue weighted by atomic mass is 9.87. The Balaban J connectivity index is 1.70. The highest BCUT2D eigenvalue weighted by Crippen LogP contribution is 2.40. The summed E-state index contributed by atoms with van der Waals surface area (Å²) >= 11 is 0. The van der Waals surface area contributed by atoms with Crippen molar-refractivity contribution in [2.75, 3.05) is 12.9 Å². The highest BCUT2D eigenvalue weighted by molar-refractivity contribution is 7.89. The van der Waals surface area contributed by atoms with Crippen LogP contribution in [0.25, 0.3) is 17.2 Å². The van der Waals surface area contributed by atoms with Gasteiger partial charge < -0.3 is 4.74 Å². The van der Waals surface area contributed by atoms with E-state index >= 15 is 0 Å². The molecule has 0 fully saturated rings. The molecule has 0 saturated carbocycles. The van der Waals surface area contributed by atoms with Crippen molar-refractivity contribution in [3.8, 4) is 5.75 Å². The molecule has 1 heterocycles. The van der Waals surface area contributed by atoms with Crippen LogP contribution in [0.4, 0.5) is 0 Å². The van der Waals surface area contributed by atoms with Gasteiger partial charge in [-0.25, -0.2) is 13.1 Å². The molecule has 0 atom stereocenters. The number of rotatable bonds is 5. The van der Waals surface area contributed by atoms with Gasteiger partial charge in [-0.3, -0.25) is 4.79 Å². The summed E-state index contributed by atoms with van der Waals surface area (Å²) in [5, 5.41) is 0. The van der Waals surface area contributed by atoms with E-state index in [2.05, 4.69) is 18.2 Å². The average molecular weight is 432 g/mol. The van der Waals surface area contributed by atoms with E-state index in [-0.39, 0.29) is 0 Å². The van der Waals surface area contributed by atoms with Crippen LogP contribution in [0.5, 0.6) is 5.75 Å². The molecule has 0 unspecified atom stereocenters. The SMILES string of the molecule is CS(=O)(=O)NC(=O)C=Cc1ccc(C2=C(c3ccccc3)COc3ccccc32)cc1. The molecule has 1 amide bonds. The number of hydrogen-bond acceptors (Lipinski definition) is 4.